The first-order chi connectivity index (χ1) is 13.0. The monoisotopic (exact) mass is 431 g/mol. The predicted molar refractivity (Wildman–Crippen MR) is 117 cm³/mol. The normalized spacial score (nSPS) is 14.8. The van der Waals surface area contributed by atoms with Crippen LogP contribution in [0.25, 0.3) is 0 Å². The standard InChI is InChI=1S/C21H41NO6Si/c1-15(28-29(8,9)21(5,6)7)17(23)14-12-10-11-13-16(18(24)25)22-19(26)27-20(2,3)4/h15-16H,10-14H2,1-9H3,(H,22,26)(H,24,25)/t15-,16-/m0/s1. The quantitative estimate of drug-likeness (QED) is 0.356. The molecule has 2 atom stereocenters. The van der Waals surface area contributed by atoms with E-state index in [9.17, 15) is 19.5 Å². The van der Waals surface area contributed by atoms with Crippen molar-refractivity contribution in [1.29, 1.82) is 0 Å². The Balaban J connectivity index is 4.33. The molecular weight excluding hydrogens is 390 g/mol. The summed E-state index contributed by atoms with van der Waals surface area (Å²) in [6.07, 6.45) is 1.51. The van der Waals surface area contributed by atoms with E-state index in [4.69, 9.17) is 9.16 Å². The van der Waals surface area contributed by atoms with Crippen molar-refractivity contribution in [3.05, 3.63) is 0 Å². The zero-order valence-corrected chi connectivity index (χ0v) is 20.7. The van der Waals surface area contributed by atoms with Crippen molar-refractivity contribution in [2.75, 3.05) is 0 Å². The number of aliphatic carboxylic acids is 1. The Hall–Kier alpha value is -1.41. The Morgan fingerprint density at radius 3 is 2.00 bits per heavy atom. The largest absolute Gasteiger partial charge is 0.480 e. The highest BCUT2D eigenvalue weighted by Gasteiger charge is 2.39. The highest BCUT2D eigenvalue weighted by molar-refractivity contribution is 6.74. The number of hydrogen-bond donors (Lipinski definition) is 2. The van der Waals surface area contributed by atoms with Crippen LogP contribution in [0.2, 0.25) is 18.1 Å². The van der Waals surface area contributed by atoms with Gasteiger partial charge in [0.2, 0.25) is 0 Å². The number of carbonyl (C=O) groups excluding carboxylic acids is 2. The van der Waals surface area contributed by atoms with Gasteiger partial charge in [-0.2, -0.15) is 0 Å². The molecule has 0 fully saturated rings. The van der Waals surface area contributed by atoms with E-state index in [1.807, 2.05) is 6.92 Å². The van der Waals surface area contributed by atoms with Gasteiger partial charge in [-0.05, 0) is 58.7 Å². The number of alkyl carbamates (subject to hydrolysis) is 1. The fourth-order valence-corrected chi connectivity index (χ4v) is 3.79. The number of ketones is 1. The first-order valence-electron chi connectivity index (χ1n) is 10.4. The molecule has 2 N–H and O–H groups in total. The molecule has 0 saturated carbocycles. The molecule has 0 radical (unpaired) electrons. The fourth-order valence-electron chi connectivity index (χ4n) is 2.42. The van der Waals surface area contributed by atoms with Crippen LogP contribution in [-0.2, 0) is 18.8 Å². The van der Waals surface area contributed by atoms with Crippen LogP contribution in [0.15, 0.2) is 0 Å². The second kappa shape index (κ2) is 11.1. The third-order valence-corrected chi connectivity index (χ3v) is 9.69. The van der Waals surface area contributed by atoms with Crippen molar-refractivity contribution >= 4 is 26.2 Å². The number of carboxylic acids is 1. The molecule has 0 bridgehead atoms. The van der Waals surface area contributed by atoms with Gasteiger partial charge >= 0.3 is 12.1 Å². The molecule has 0 aliphatic carbocycles. The zero-order chi connectivity index (χ0) is 23.0. The topological polar surface area (TPSA) is 102 Å². The molecule has 0 aromatic rings. The number of nitrogens with one attached hydrogen (secondary N) is 1. The van der Waals surface area contributed by atoms with Crippen LogP contribution >= 0.6 is 0 Å². The van der Waals surface area contributed by atoms with Crippen LogP contribution in [0.5, 0.6) is 0 Å². The van der Waals surface area contributed by atoms with Gasteiger partial charge in [-0.25, -0.2) is 9.59 Å². The molecule has 0 saturated heterocycles. The van der Waals surface area contributed by atoms with Gasteiger partial charge in [0.05, 0.1) is 0 Å². The summed E-state index contributed by atoms with van der Waals surface area (Å²) < 4.78 is 11.2. The maximum Gasteiger partial charge on any atom is 0.408 e. The minimum Gasteiger partial charge on any atom is -0.480 e. The summed E-state index contributed by atoms with van der Waals surface area (Å²) in [7, 11) is -1.98. The maximum atomic E-state index is 12.4. The molecule has 0 unspecified atom stereocenters. The van der Waals surface area contributed by atoms with Crippen LogP contribution < -0.4 is 5.32 Å². The van der Waals surface area contributed by atoms with E-state index < -0.39 is 38.1 Å². The molecule has 0 aliphatic heterocycles. The minimum absolute atomic E-state index is 0.0501. The van der Waals surface area contributed by atoms with Crippen LogP contribution in [0, 0.1) is 0 Å². The number of unbranched alkanes of at least 4 members (excludes halogenated alkanes) is 2. The summed E-state index contributed by atoms with van der Waals surface area (Å²) in [5.74, 6) is -1.01. The first-order valence-corrected chi connectivity index (χ1v) is 13.3. The fraction of sp³-hybridized carbons (Fsp3) is 0.857. The van der Waals surface area contributed by atoms with Gasteiger partial charge in [-0.3, -0.25) is 4.79 Å². The molecule has 29 heavy (non-hydrogen) atoms. The highest BCUT2D eigenvalue weighted by atomic mass is 28.4. The lowest BCUT2D eigenvalue weighted by Crippen LogP contribution is -2.45. The lowest BCUT2D eigenvalue weighted by Gasteiger charge is -2.38. The van der Waals surface area contributed by atoms with Crippen molar-refractivity contribution < 1.29 is 28.7 Å². The molecule has 8 heteroatoms. The Morgan fingerprint density at radius 1 is 1.00 bits per heavy atom. The number of hydrogen-bond acceptors (Lipinski definition) is 5. The van der Waals surface area contributed by atoms with Crippen molar-refractivity contribution in [2.24, 2.45) is 0 Å². The average molecular weight is 432 g/mol. The van der Waals surface area contributed by atoms with Crippen LogP contribution in [0.4, 0.5) is 4.79 Å². The molecule has 0 rings (SSSR count). The third-order valence-electron chi connectivity index (χ3n) is 5.14. The average Bonchev–Trinajstić information content (AvgIpc) is 2.49. The Kier molecular flexibility index (Phi) is 10.6. The van der Waals surface area contributed by atoms with Gasteiger partial charge in [0.1, 0.15) is 17.7 Å². The summed E-state index contributed by atoms with van der Waals surface area (Å²) in [4.78, 5) is 35.5. The number of Topliss-reactive ketones (excluding diaryl/α,β-unsaturated/α-hetero) is 1. The molecule has 0 aromatic heterocycles. The van der Waals surface area contributed by atoms with E-state index >= 15 is 0 Å². The molecule has 7 nitrogen and oxygen atoms in total. The third kappa shape index (κ3) is 11.4. The van der Waals surface area contributed by atoms with E-state index in [2.05, 4.69) is 39.2 Å². The van der Waals surface area contributed by atoms with Crippen molar-refractivity contribution in [3.8, 4) is 0 Å². The highest BCUT2D eigenvalue weighted by Crippen LogP contribution is 2.37. The van der Waals surface area contributed by atoms with E-state index in [-0.39, 0.29) is 10.8 Å². The van der Waals surface area contributed by atoms with Crippen LogP contribution in [0.3, 0.4) is 0 Å². The van der Waals surface area contributed by atoms with Gasteiger partial charge in [-0.15, -0.1) is 0 Å². The van der Waals surface area contributed by atoms with Gasteiger partial charge in [0.15, 0.2) is 14.1 Å². The van der Waals surface area contributed by atoms with Crippen LogP contribution in [-0.4, -0.2) is 49.0 Å². The molecule has 0 spiro atoms. The Morgan fingerprint density at radius 2 is 1.55 bits per heavy atom. The molecule has 0 heterocycles. The van der Waals surface area contributed by atoms with Gasteiger partial charge in [0.25, 0.3) is 0 Å². The Bertz CT molecular complexity index is 562. The van der Waals surface area contributed by atoms with Crippen molar-refractivity contribution in [3.63, 3.8) is 0 Å². The maximum absolute atomic E-state index is 12.4. The van der Waals surface area contributed by atoms with E-state index in [0.29, 0.717) is 32.1 Å². The predicted octanol–water partition coefficient (Wildman–Crippen LogP) is 4.89. The number of carbonyl (C=O) groups is 3. The van der Waals surface area contributed by atoms with E-state index in [1.54, 1.807) is 20.8 Å². The smallest absolute Gasteiger partial charge is 0.408 e. The van der Waals surface area contributed by atoms with Crippen molar-refractivity contribution in [1.82, 2.24) is 5.32 Å². The molecule has 0 aliphatic rings. The number of rotatable bonds is 11. The van der Waals surface area contributed by atoms with Crippen molar-refractivity contribution in [2.45, 2.75) is 116 Å². The summed E-state index contributed by atoms with van der Waals surface area (Å²) in [6.45, 7) is 17.6. The molecule has 170 valence electrons. The lowest BCUT2D eigenvalue weighted by atomic mass is 10.0. The number of amides is 1. The summed E-state index contributed by atoms with van der Waals surface area (Å²) in [6, 6.07) is -0.999. The summed E-state index contributed by atoms with van der Waals surface area (Å²) in [5.41, 5.74) is -0.684. The van der Waals surface area contributed by atoms with Gasteiger partial charge in [-0.1, -0.05) is 33.6 Å². The molecule has 0 aromatic carbocycles. The minimum atomic E-state index is -1.98. The molecular formula is C21H41NO6Si. The SMILES string of the molecule is C[C@H](O[Si](C)(C)C(C)(C)C)C(=O)CCCCC[C@H](NC(=O)OC(C)(C)C)C(=O)O. The van der Waals surface area contributed by atoms with Crippen LogP contribution in [0.1, 0.15) is 80.6 Å². The number of ether oxygens (including phenoxy) is 1. The van der Waals surface area contributed by atoms with E-state index in [1.165, 1.54) is 0 Å². The van der Waals surface area contributed by atoms with Gasteiger partial charge in [0, 0.05) is 6.42 Å². The molecule has 1 amide bonds. The lowest BCUT2D eigenvalue weighted by molar-refractivity contribution is -0.139. The van der Waals surface area contributed by atoms with Gasteiger partial charge < -0.3 is 19.6 Å². The summed E-state index contributed by atoms with van der Waals surface area (Å²) in [5, 5.41) is 11.7. The second-order valence-corrected chi connectivity index (χ2v) is 14.9. The van der Waals surface area contributed by atoms with E-state index in [0.717, 1.165) is 0 Å². The first kappa shape index (κ1) is 27.6. The second-order valence-electron chi connectivity index (χ2n) is 10.1. The summed E-state index contributed by atoms with van der Waals surface area (Å²) >= 11 is 0. The zero-order valence-electron chi connectivity index (χ0n) is 19.7. The Labute approximate surface area is 177 Å². The number of carboxylic acid groups (broad SMARTS) is 1.